The van der Waals surface area contributed by atoms with Crippen molar-refractivity contribution in [1.82, 2.24) is 5.32 Å². The number of halogens is 1. The van der Waals surface area contributed by atoms with Crippen molar-refractivity contribution in [2.24, 2.45) is 0 Å². The number of benzene rings is 2. The summed E-state index contributed by atoms with van der Waals surface area (Å²) in [4.78, 5) is 12.8. The standard InChI is InChI=1S/C20H25ClN2O3S/c1-5-19(20(24)22-13-16-6-8-17(21)9-7-16)23(27(4,25)26)18-11-14(2)10-15(3)12-18/h6-12,19H,5,13H2,1-4H3,(H,22,24)/t19-/m0/s1. The summed E-state index contributed by atoms with van der Waals surface area (Å²) < 4.78 is 26.2. The third-order valence-electron chi connectivity index (χ3n) is 4.17. The number of nitrogens with zero attached hydrogens (tertiary/aromatic N) is 1. The van der Waals surface area contributed by atoms with Gasteiger partial charge in [-0.1, -0.05) is 36.7 Å². The molecule has 1 amide bonds. The van der Waals surface area contributed by atoms with Crippen LogP contribution in [0.1, 0.15) is 30.0 Å². The molecule has 0 aliphatic heterocycles. The van der Waals surface area contributed by atoms with E-state index in [2.05, 4.69) is 5.32 Å². The largest absolute Gasteiger partial charge is 0.350 e. The van der Waals surface area contributed by atoms with E-state index in [1.807, 2.05) is 32.0 Å². The van der Waals surface area contributed by atoms with Crippen molar-refractivity contribution in [3.63, 3.8) is 0 Å². The van der Waals surface area contributed by atoms with Gasteiger partial charge < -0.3 is 5.32 Å². The zero-order chi connectivity index (χ0) is 20.2. The fraction of sp³-hybridized carbons (Fsp3) is 0.350. The number of carbonyl (C=O) groups excluding carboxylic acids is 1. The van der Waals surface area contributed by atoms with E-state index in [1.165, 1.54) is 4.31 Å². The average Bonchev–Trinajstić information content (AvgIpc) is 2.56. The Morgan fingerprint density at radius 1 is 1.11 bits per heavy atom. The van der Waals surface area contributed by atoms with E-state index in [9.17, 15) is 13.2 Å². The highest BCUT2D eigenvalue weighted by molar-refractivity contribution is 7.92. The molecular weight excluding hydrogens is 384 g/mol. The summed E-state index contributed by atoms with van der Waals surface area (Å²) in [6, 6.07) is 11.8. The Bertz CT molecular complexity index is 891. The van der Waals surface area contributed by atoms with Crippen LogP contribution in [0.4, 0.5) is 5.69 Å². The van der Waals surface area contributed by atoms with Gasteiger partial charge in [-0.2, -0.15) is 0 Å². The van der Waals surface area contributed by atoms with E-state index in [4.69, 9.17) is 11.6 Å². The van der Waals surface area contributed by atoms with E-state index in [0.717, 1.165) is 22.9 Å². The Labute approximate surface area is 166 Å². The number of hydrogen-bond acceptors (Lipinski definition) is 3. The number of sulfonamides is 1. The first-order valence-corrected chi connectivity index (χ1v) is 10.9. The highest BCUT2D eigenvalue weighted by atomic mass is 35.5. The summed E-state index contributed by atoms with van der Waals surface area (Å²) in [6.07, 6.45) is 1.48. The zero-order valence-electron chi connectivity index (χ0n) is 16.0. The Kier molecular flexibility index (Phi) is 6.89. The van der Waals surface area contributed by atoms with E-state index < -0.39 is 16.1 Å². The maximum atomic E-state index is 12.8. The van der Waals surface area contributed by atoms with Gasteiger partial charge in [-0.3, -0.25) is 9.10 Å². The third-order valence-corrected chi connectivity index (χ3v) is 5.60. The van der Waals surface area contributed by atoms with Gasteiger partial charge in [-0.15, -0.1) is 0 Å². The van der Waals surface area contributed by atoms with Gasteiger partial charge in [0.05, 0.1) is 11.9 Å². The van der Waals surface area contributed by atoms with Crippen LogP contribution in [-0.2, 0) is 21.4 Å². The Morgan fingerprint density at radius 2 is 1.67 bits per heavy atom. The second-order valence-corrected chi connectivity index (χ2v) is 8.97. The second kappa shape index (κ2) is 8.76. The van der Waals surface area contributed by atoms with Crippen LogP contribution in [0, 0.1) is 13.8 Å². The Morgan fingerprint density at radius 3 is 2.15 bits per heavy atom. The van der Waals surface area contributed by atoms with Crippen LogP contribution in [0.15, 0.2) is 42.5 Å². The fourth-order valence-corrected chi connectivity index (χ4v) is 4.37. The van der Waals surface area contributed by atoms with Crippen LogP contribution in [0.5, 0.6) is 0 Å². The molecule has 0 aliphatic carbocycles. The smallest absolute Gasteiger partial charge is 0.244 e. The van der Waals surface area contributed by atoms with Gasteiger partial charge in [0.2, 0.25) is 15.9 Å². The normalized spacial score (nSPS) is 12.5. The molecule has 0 bridgehead atoms. The van der Waals surface area contributed by atoms with Gasteiger partial charge in [0, 0.05) is 11.6 Å². The zero-order valence-corrected chi connectivity index (χ0v) is 17.6. The monoisotopic (exact) mass is 408 g/mol. The van der Waals surface area contributed by atoms with Crippen molar-refractivity contribution in [2.45, 2.75) is 39.8 Å². The Hall–Kier alpha value is -2.05. The van der Waals surface area contributed by atoms with Crippen LogP contribution in [0.3, 0.4) is 0 Å². The summed E-state index contributed by atoms with van der Waals surface area (Å²) in [5, 5.41) is 3.45. The molecule has 2 rings (SSSR count). The minimum Gasteiger partial charge on any atom is -0.350 e. The van der Waals surface area contributed by atoms with Crippen molar-refractivity contribution in [3.05, 3.63) is 64.2 Å². The number of carbonyl (C=O) groups is 1. The van der Waals surface area contributed by atoms with Crippen molar-refractivity contribution in [2.75, 3.05) is 10.6 Å². The number of hydrogen-bond donors (Lipinski definition) is 1. The summed E-state index contributed by atoms with van der Waals surface area (Å²) in [5.74, 6) is -0.336. The molecular formula is C20H25ClN2O3S. The molecule has 0 spiro atoms. The van der Waals surface area contributed by atoms with E-state index >= 15 is 0 Å². The average molecular weight is 409 g/mol. The van der Waals surface area contributed by atoms with Gasteiger partial charge in [0.15, 0.2) is 0 Å². The first-order chi connectivity index (χ1) is 12.6. The molecule has 2 aromatic carbocycles. The van der Waals surface area contributed by atoms with Gasteiger partial charge >= 0.3 is 0 Å². The Balaban J connectivity index is 2.28. The maximum absolute atomic E-state index is 12.8. The molecule has 0 aromatic heterocycles. The quantitative estimate of drug-likeness (QED) is 0.757. The maximum Gasteiger partial charge on any atom is 0.244 e. The second-order valence-electron chi connectivity index (χ2n) is 6.67. The summed E-state index contributed by atoms with van der Waals surface area (Å²) >= 11 is 5.87. The fourth-order valence-electron chi connectivity index (χ4n) is 3.05. The predicted molar refractivity (Wildman–Crippen MR) is 111 cm³/mol. The highest BCUT2D eigenvalue weighted by Crippen LogP contribution is 2.25. The van der Waals surface area contributed by atoms with Crippen molar-refractivity contribution >= 4 is 33.2 Å². The topological polar surface area (TPSA) is 66.5 Å². The SMILES string of the molecule is CC[C@@H](C(=O)NCc1ccc(Cl)cc1)N(c1cc(C)cc(C)c1)S(C)(=O)=O. The third kappa shape index (κ3) is 5.71. The minimum atomic E-state index is -3.64. The number of anilines is 1. The molecule has 0 radical (unpaired) electrons. The molecule has 0 saturated heterocycles. The molecule has 0 fully saturated rings. The lowest BCUT2D eigenvalue weighted by molar-refractivity contribution is -0.122. The van der Waals surface area contributed by atoms with Crippen LogP contribution in [0.2, 0.25) is 5.02 Å². The lowest BCUT2D eigenvalue weighted by Crippen LogP contribution is -2.49. The molecule has 7 heteroatoms. The molecule has 0 heterocycles. The first-order valence-electron chi connectivity index (χ1n) is 8.71. The summed E-state index contributed by atoms with van der Waals surface area (Å²) in [6.45, 7) is 5.90. The molecule has 5 nitrogen and oxygen atoms in total. The van der Waals surface area contributed by atoms with Crippen LogP contribution in [0.25, 0.3) is 0 Å². The van der Waals surface area contributed by atoms with Crippen LogP contribution >= 0.6 is 11.6 Å². The lowest BCUT2D eigenvalue weighted by Gasteiger charge is -2.30. The molecule has 0 aliphatic rings. The number of amides is 1. The number of rotatable bonds is 7. The van der Waals surface area contributed by atoms with Gasteiger partial charge in [-0.25, -0.2) is 8.42 Å². The van der Waals surface area contributed by atoms with Crippen LogP contribution in [-0.4, -0.2) is 26.6 Å². The first kappa shape index (κ1) is 21.3. The number of aryl methyl sites for hydroxylation is 2. The van der Waals surface area contributed by atoms with Crippen LogP contribution < -0.4 is 9.62 Å². The molecule has 1 atom stereocenters. The van der Waals surface area contributed by atoms with E-state index in [0.29, 0.717) is 23.7 Å². The molecule has 2 aromatic rings. The molecule has 27 heavy (non-hydrogen) atoms. The predicted octanol–water partition coefficient (Wildman–Crippen LogP) is 3.82. The van der Waals surface area contributed by atoms with E-state index in [-0.39, 0.29) is 5.91 Å². The molecule has 146 valence electrons. The molecule has 0 unspecified atom stereocenters. The molecule has 1 N–H and O–H groups in total. The summed E-state index contributed by atoms with van der Waals surface area (Å²) in [5.41, 5.74) is 3.27. The van der Waals surface area contributed by atoms with Crippen molar-refractivity contribution in [3.8, 4) is 0 Å². The molecule has 0 saturated carbocycles. The van der Waals surface area contributed by atoms with Gasteiger partial charge in [-0.05, 0) is 61.2 Å². The van der Waals surface area contributed by atoms with Gasteiger partial charge in [0.25, 0.3) is 0 Å². The van der Waals surface area contributed by atoms with Gasteiger partial charge in [0.1, 0.15) is 6.04 Å². The van der Waals surface area contributed by atoms with Crippen molar-refractivity contribution in [1.29, 1.82) is 0 Å². The highest BCUT2D eigenvalue weighted by Gasteiger charge is 2.31. The number of nitrogens with one attached hydrogen (secondary N) is 1. The lowest BCUT2D eigenvalue weighted by atomic mass is 10.1. The van der Waals surface area contributed by atoms with Crippen molar-refractivity contribution < 1.29 is 13.2 Å². The summed E-state index contributed by atoms with van der Waals surface area (Å²) in [7, 11) is -3.64. The minimum absolute atomic E-state index is 0.303. The van der Waals surface area contributed by atoms with E-state index in [1.54, 1.807) is 31.2 Å².